The summed E-state index contributed by atoms with van der Waals surface area (Å²) in [6, 6.07) is 7.97. The Hall–Kier alpha value is -1.39. The summed E-state index contributed by atoms with van der Waals surface area (Å²) in [7, 11) is 0. The van der Waals surface area contributed by atoms with Gasteiger partial charge in [0.25, 0.3) is 0 Å². The molecule has 4 heteroatoms. The lowest BCUT2D eigenvalue weighted by Gasteiger charge is -2.21. The number of hydrogen-bond acceptors (Lipinski definition) is 3. The van der Waals surface area contributed by atoms with E-state index in [0.29, 0.717) is 0 Å². The number of amides is 1. The Morgan fingerprint density at radius 3 is 2.72 bits per heavy atom. The molecule has 4 nitrogen and oxygen atoms in total. The van der Waals surface area contributed by atoms with Crippen LogP contribution in [0.3, 0.4) is 0 Å². The van der Waals surface area contributed by atoms with Crippen molar-refractivity contribution in [3.63, 3.8) is 0 Å². The molecule has 0 fully saturated rings. The number of carbonyl (C=O) groups is 1. The Labute approximate surface area is 108 Å². The van der Waals surface area contributed by atoms with Gasteiger partial charge in [0.05, 0.1) is 6.61 Å². The molecule has 0 heterocycles. The first-order chi connectivity index (χ1) is 8.56. The van der Waals surface area contributed by atoms with Gasteiger partial charge in [0.15, 0.2) is 0 Å². The van der Waals surface area contributed by atoms with E-state index in [1.807, 2.05) is 38.1 Å². The fourth-order valence-corrected chi connectivity index (χ4v) is 1.84. The van der Waals surface area contributed by atoms with Crippen molar-refractivity contribution < 1.29 is 9.90 Å². The van der Waals surface area contributed by atoms with Crippen molar-refractivity contribution in [3.8, 4) is 0 Å². The summed E-state index contributed by atoms with van der Waals surface area (Å²) in [4.78, 5) is 11.0. The topological polar surface area (TPSA) is 61.4 Å². The number of carbonyl (C=O) groups excluding carboxylic acids is 1. The maximum atomic E-state index is 11.0. The molecule has 1 rings (SSSR count). The van der Waals surface area contributed by atoms with E-state index in [2.05, 4.69) is 10.6 Å². The van der Waals surface area contributed by atoms with Gasteiger partial charge in [0, 0.05) is 24.7 Å². The minimum Gasteiger partial charge on any atom is -0.395 e. The maximum absolute atomic E-state index is 11.0. The van der Waals surface area contributed by atoms with Crippen LogP contribution in [0.15, 0.2) is 24.3 Å². The van der Waals surface area contributed by atoms with Gasteiger partial charge in [-0.1, -0.05) is 19.1 Å². The van der Waals surface area contributed by atoms with Crippen LogP contribution in [0.25, 0.3) is 0 Å². The Bertz CT molecular complexity index is 389. The Morgan fingerprint density at radius 2 is 2.17 bits per heavy atom. The molecule has 18 heavy (non-hydrogen) atoms. The molecule has 0 spiro atoms. The largest absolute Gasteiger partial charge is 0.395 e. The minimum atomic E-state index is -0.0745. The predicted octanol–water partition coefficient (Wildman–Crippen LogP) is 2.07. The molecule has 0 saturated carbocycles. The van der Waals surface area contributed by atoms with Crippen molar-refractivity contribution in [3.05, 3.63) is 29.8 Å². The molecule has 1 amide bonds. The number of aliphatic hydroxyl groups excluding tert-OH is 1. The van der Waals surface area contributed by atoms with E-state index < -0.39 is 0 Å². The molecule has 0 aromatic heterocycles. The number of aliphatic hydroxyl groups is 1. The van der Waals surface area contributed by atoms with E-state index in [4.69, 9.17) is 0 Å². The molecule has 0 aliphatic rings. The quantitative estimate of drug-likeness (QED) is 0.724. The zero-order chi connectivity index (χ0) is 13.5. The third-order valence-electron chi connectivity index (χ3n) is 2.91. The second-order valence-electron chi connectivity index (χ2n) is 4.48. The van der Waals surface area contributed by atoms with Crippen molar-refractivity contribution in [2.75, 3.05) is 11.9 Å². The smallest absolute Gasteiger partial charge is 0.221 e. The molecule has 1 aromatic carbocycles. The standard InChI is InChI=1S/C14H22N2O2/c1-4-13(9-17)15-10(2)12-6-5-7-14(8-12)16-11(3)18/h5-8,10,13,15,17H,4,9H2,1-3H3,(H,16,18). The number of benzene rings is 1. The first-order valence-corrected chi connectivity index (χ1v) is 6.31. The van der Waals surface area contributed by atoms with E-state index in [9.17, 15) is 9.90 Å². The maximum Gasteiger partial charge on any atom is 0.221 e. The van der Waals surface area contributed by atoms with Crippen LogP contribution in [-0.4, -0.2) is 23.7 Å². The van der Waals surface area contributed by atoms with Crippen molar-refractivity contribution in [2.24, 2.45) is 0 Å². The van der Waals surface area contributed by atoms with Gasteiger partial charge in [0.1, 0.15) is 0 Å². The van der Waals surface area contributed by atoms with Gasteiger partial charge in [-0.25, -0.2) is 0 Å². The van der Waals surface area contributed by atoms with E-state index >= 15 is 0 Å². The van der Waals surface area contributed by atoms with Crippen LogP contribution in [0.2, 0.25) is 0 Å². The molecular formula is C14H22N2O2. The first-order valence-electron chi connectivity index (χ1n) is 6.31. The first kappa shape index (κ1) is 14.7. The average molecular weight is 250 g/mol. The van der Waals surface area contributed by atoms with Crippen LogP contribution < -0.4 is 10.6 Å². The van der Waals surface area contributed by atoms with Gasteiger partial charge in [-0.15, -0.1) is 0 Å². The molecule has 2 unspecified atom stereocenters. The summed E-state index contributed by atoms with van der Waals surface area (Å²) in [6.07, 6.45) is 0.881. The fourth-order valence-electron chi connectivity index (χ4n) is 1.84. The summed E-state index contributed by atoms with van der Waals surface area (Å²) in [5.74, 6) is -0.0745. The Kier molecular flexibility index (Phi) is 5.82. The minimum absolute atomic E-state index is 0.0745. The summed E-state index contributed by atoms with van der Waals surface area (Å²) in [6.45, 7) is 5.71. The molecule has 0 bridgehead atoms. The van der Waals surface area contributed by atoms with Crippen LogP contribution in [0, 0.1) is 0 Å². The molecule has 2 atom stereocenters. The molecule has 1 aromatic rings. The van der Waals surface area contributed by atoms with Crippen LogP contribution >= 0.6 is 0 Å². The third kappa shape index (κ3) is 4.47. The van der Waals surface area contributed by atoms with Gasteiger partial charge in [-0.2, -0.15) is 0 Å². The molecule has 0 saturated heterocycles. The fraction of sp³-hybridized carbons (Fsp3) is 0.500. The molecule has 100 valence electrons. The normalized spacial score (nSPS) is 14.0. The van der Waals surface area contributed by atoms with E-state index in [-0.39, 0.29) is 24.6 Å². The number of hydrogen-bond donors (Lipinski definition) is 3. The van der Waals surface area contributed by atoms with Crippen LogP contribution in [0.1, 0.15) is 38.8 Å². The van der Waals surface area contributed by atoms with Crippen molar-refractivity contribution in [1.29, 1.82) is 0 Å². The van der Waals surface area contributed by atoms with E-state index in [1.165, 1.54) is 6.92 Å². The van der Waals surface area contributed by atoms with Gasteiger partial charge in [-0.3, -0.25) is 4.79 Å². The van der Waals surface area contributed by atoms with Crippen LogP contribution in [-0.2, 0) is 4.79 Å². The number of nitrogens with one attached hydrogen (secondary N) is 2. The predicted molar refractivity (Wildman–Crippen MR) is 73.5 cm³/mol. The third-order valence-corrected chi connectivity index (χ3v) is 2.91. The highest BCUT2D eigenvalue weighted by molar-refractivity contribution is 5.88. The van der Waals surface area contributed by atoms with Crippen LogP contribution in [0.5, 0.6) is 0 Å². The summed E-state index contributed by atoms with van der Waals surface area (Å²) >= 11 is 0. The SMILES string of the molecule is CCC(CO)NC(C)c1cccc(NC(C)=O)c1. The molecule has 0 radical (unpaired) electrons. The zero-order valence-electron chi connectivity index (χ0n) is 11.2. The molecule has 0 aliphatic carbocycles. The average Bonchev–Trinajstić information content (AvgIpc) is 2.35. The zero-order valence-corrected chi connectivity index (χ0v) is 11.2. The van der Waals surface area contributed by atoms with Gasteiger partial charge >= 0.3 is 0 Å². The Balaban J connectivity index is 2.73. The highest BCUT2D eigenvalue weighted by Crippen LogP contribution is 2.18. The highest BCUT2D eigenvalue weighted by atomic mass is 16.3. The summed E-state index contributed by atoms with van der Waals surface area (Å²) in [5, 5.41) is 15.3. The van der Waals surface area contributed by atoms with Crippen LogP contribution in [0.4, 0.5) is 5.69 Å². The van der Waals surface area contributed by atoms with E-state index in [1.54, 1.807) is 0 Å². The monoisotopic (exact) mass is 250 g/mol. The summed E-state index contributed by atoms with van der Waals surface area (Å²) in [5.41, 5.74) is 1.89. The molecule has 3 N–H and O–H groups in total. The van der Waals surface area contributed by atoms with Gasteiger partial charge < -0.3 is 15.7 Å². The lowest BCUT2D eigenvalue weighted by molar-refractivity contribution is -0.114. The van der Waals surface area contributed by atoms with Crippen molar-refractivity contribution in [1.82, 2.24) is 5.32 Å². The highest BCUT2D eigenvalue weighted by Gasteiger charge is 2.11. The second-order valence-corrected chi connectivity index (χ2v) is 4.48. The second kappa shape index (κ2) is 7.13. The molecule has 0 aliphatic heterocycles. The number of anilines is 1. The van der Waals surface area contributed by atoms with Gasteiger partial charge in [-0.05, 0) is 31.0 Å². The Morgan fingerprint density at radius 1 is 1.44 bits per heavy atom. The lowest BCUT2D eigenvalue weighted by Crippen LogP contribution is -2.33. The molecular weight excluding hydrogens is 228 g/mol. The summed E-state index contributed by atoms with van der Waals surface area (Å²) < 4.78 is 0. The van der Waals surface area contributed by atoms with Crippen molar-refractivity contribution in [2.45, 2.75) is 39.3 Å². The lowest BCUT2D eigenvalue weighted by atomic mass is 10.1. The van der Waals surface area contributed by atoms with E-state index in [0.717, 1.165) is 17.7 Å². The number of rotatable bonds is 6. The van der Waals surface area contributed by atoms with Crippen molar-refractivity contribution >= 4 is 11.6 Å². The van der Waals surface area contributed by atoms with Gasteiger partial charge in [0.2, 0.25) is 5.91 Å².